The number of aromatic nitrogens is 2. The zero-order valence-electron chi connectivity index (χ0n) is 11.6. The molecule has 5 heteroatoms. The summed E-state index contributed by atoms with van der Waals surface area (Å²) in [7, 11) is 0. The van der Waals surface area contributed by atoms with Gasteiger partial charge in [-0.1, -0.05) is 22.9 Å². The number of hydrogen-bond acceptors (Lipinski definition) is 3. The van der Waals surface area contributed by atoms with Crippen molar-refractivity contribution in [2.75, 3.05) is 6.61 Å². The Balaban J connectivity index is 1.85. The minimum Gasteiger partial charge on any atom is -0.492 e. The van der Waals surface area contributed by atoms with Gasteiger partial charge in [0.25, 0.3) is 0 Å². The molecule has 0 amide bonds. The molecule has 4 nitrogen and oxygen atoms in total. The van der Waals surface area contributed by atoms with Crippen LogP contribution in [0.2, 0.25) is 0 Å². The molecule has 0 aliphatic carbocycles. The Morgan fingerprint density at radius 3 is 2.80 bits per heavy atom. The van der Waals surface area contributed by atoms with Crippen molar-refractivity contribution in [1.82, 2.24) is 9.55 Å². The van der Waals surface area contributed by atoms with Crippen molar-refractivity contribution in [2.24, 2.45) is 5.73 Å². The first kappa shape index (κ1) is 15.1. The Kier molecular flexibility index (Phi) is 5.61. The van der Waals surface area contributed by atoms with E-state index in [0.717, 1.165) is 35.4 Å². The molecule has 2 rings (SSSR count). The van der Waals surface area contributed by atoms with Crippen LogP contribution in [-0.2, 0) is 13.0 Å². The molecule has 1 unspecified atom stereocenters. The van der Waals surface area contributed by atoms with Crippen LogP contribution in [0.1, 0.15) is 19.2 Å². The molecule has 2 N–H and O–H groups in total. The van der Waals surface area contributed by atoms with Gasteiger partial charge >= 0.3 is 0 Å². The van der Waals surface area contributed by atoms with Crippen molar-refractivity contribution in [3.63, 3.8) is 0 Å². The van der Waals surface area contributed by atoms with E-state index in [1.54, 1.807) is 0 Å². The second-order valence-electron chi connectivity index (χ2n) is 4.71. The second kappa shape index (κ2) is 7.45. The number of ether oxygens (including phenoxy) is 1. The summed E-state index contributed by atoms with van der Waals surface area (Å²) < 4.78 is 8.88. The average Bonchev–Trinajstić information content (AvgIpc) is 2.88. The summed E-state index contributed by atoms with van der Waals surface area (Å²) in [6, 6.07) is 8.01. The monoisotopic (exact) mass is 337 g/mol. The third-order valence-electron chi connectivity index (χ3n) is 3.19. The van der Waals surface area contributed by atoms with E-state index in [-0.39, 0.29) is 6.04 Å². The Bertz CT molecular complexity index is 524. The molecule has 0 radical (unpaired) electrons. The number of imidazole rings is 1. The van der Waals surface area contributed by atoms with E-state index >= 15 is 0 Å². The summed E-state index contributed by atoms with van der Waals surface area (Å²) in [4.78, 5) is 4.36. The van der Waals surface area contributed by atoms with Crippen LogP contribution in [0.15, 0.2) is 41.1 Å². The Morgan fingerprint density at radius 2 is 2.10 bits per heavy atom. The fraction of sp³-hybridized carbons (Fsp3) is 0.400. The van der Waals surface area contributed by atoms with E-state index in [2.05, 4.69) is 32.4 Å². The molecule has 0 fully saturated rings. The fourth-order valence-electron chi connectivity index (χ4n) is 1.91. The average molecular weight is 338 g/mol. The molecular formula is C15H20BrN3O. The number of nitrogens with zero attached hydrogens (tertiary/aromatic N) is 2. The molecule has 0 saturated carbocycles. The van der Waals surface area contributed by atoms with Gasteiger partial charge in [0.2, 0.25) is 0 Å². The molecule has 1 aromatic carbocycles. The summed E-state index contributed by atoms with van der Waals surface area (Å²) in [5, 5.41) is 0. The molecule has 0 aliphatic heterocycles. The molecule has 0 saturated heterocycles. The Labute approximate surface area is 128 Å². The Hall–Kier alpha value is -1.33. The zero-order chi connectivity index (χ0) is 14.4. The molecule has 1 aromatic heterocycles. The van der Waals surface area contributed by atoms with Gasteiger partial charge in [0.1, 0.15) is 18.2 Å². The van der Waals surface area contributed by atoms with Crippen LogP contribution >= 0.6 is 15.9 Å². The van der Waals surface area contributed by atoms with Crippen molar-refractivity contribution in [3.05, 3.63) is 47.0 Å². The highest BCUT2D eigenvalue weighted by Crippen LogP contribution is 2.16. The highest BCUT2D eigenvalue weighted by molar-refractivity contribution is 9.10. The van der Waals surface area contributed by atoms with Gasteiger partial charge in [-0.2, -0.15) is 0 Å². The van der Waals surface area contributed by atoms with Crippen LogP contribution in [0.25, 0.3) is 0 Å². The quantitative estimate of drug-likeness (QED) is 0.844. The molecule has 20 heavy (non-hydrogen) atoms. The standard InChI is InChI=1S/C15H20BrN3O/c1-2-13(17)11-15-18-7-8-19(15)9-10-20-14-5-3-12(16)4-6-14/h3-8,13H,2,9-11,17H2,1H3. The van der Waals surface area contributed by atoms with Crippen LogP contribution in [0.5, 0.6) is 5.75 Å². The summed E-state index contributed by atoms with van der Waals surface area (Å²) >= 11 is 3.40. The van der Waals surface area contributed by atoms with Crippen LogP contribution in [0.4, 0.5) is 0 Å². The molecule has 0 spiro atoms. The predicted octanol–water partition coefficient (Wildman–Crippen LogP) is 3.00. The fourth-order valence-corrected chi connectivity index (χ4v) is 2.17. The number of halogens is 1. The molecular weight excluding hydrogens is 318 g/mol. The normalized spacial score (nSPS) is 12.3. The van der Waals surface area contributed by atoms with Crippen LogP contribution in [0.3, 0.4) is 0 Å². The van der Waals surface area contributed by atoms with Crippen LogP contribution < -0.4 is 10.5 Å². The van der Waals surface area contributed by atoms with Gasteiger partial charge in [-0.15, -0.1) is 0 Å². The van der Waals surface area contributed by atoms with Crippen molar-refractivity contribution in [2.45, 2.75) is 32.4 Å². The molecule has 1 atom stereocenters. The molecule has 0 bridgehead atoms. The lowest BCUT2D eigenvalue weighted by Crippen LogP contribution is -2.24. The van der Waals surface area contributed by atoms with E-state index < -0.39 is 0 Å². The lowest BCUT2D eigenvalue weighted by atomic mass is 10.1. The van der Waals surface area contributed by atoms with E-state index in [1.807, 2.05) is 36.7 Å². The third kappa shape index (κ3) is 4.35. The van der Waals surface area contributed by atoms with Crippen molar-refractivity contribution >= 4 is 15.9 Å². The number of nitrogens with two attached hydrogens (primary N) is 1. The second-order valence-corrected chi connectivity index (χ2v) is 5.63. The number of rotatable bonds is 7. The van der Waals surface area contributed by atoms with Gasteiger partial charge in [-0.05, 0) is 30.7 Å². The predicted molar refractivity (Wildman–Crippen MR) is 83.8 cm³/mol. The smallest absolute Gasteiger partial charge is 0.119 e. The highest BCUT2D eigenvalue weighted by atomic mass is 79.9. The SMILES string of the molecule is CCC(N)Cc1nccn1CCOc1ccc(Br)cc1. The summed E-state index contributed by atoms with van der Waals surface area (Å²) in [5.74, 6) is 1.90. The first-order valence-electron chi connectivity index (χ1n) is 6.83. The van der Waals surface area contributed by atoms with Crippen LogP contribution in [-0.4, -0.2) is 22.2 Å². The van der Waals surface area contributed by atoms with E-state index in [9.17, 15) is 0 Å². The Morgan fingerprint density at radius 1 is 1.35 bits per heavy atom. The van der Waals surface area contributed by atoms with Gasteiger partial charge in [0.15, 0.2) is 0 Å². The number of hydrogen-bond donors (Lipinski definition) is 1. The van der Waals surface area contributed by atoms with E-state index in [0.29, 0.717) is 6.61 Å². The molecule has 0 aliphatic rings. The zero-order valence-corrected chi connectivity index (χ0v) is 13.2. The van der Waals surface area contributed by atoms with Crippen molar-refractivity contribution in [3.8, 4) is 5.75 Å². The first-order chi connectivity index (χ1) is 9.69. The number of benzene rings is 1. The maximum absolute atomic E-state index is 5.98. The maximum atomic E-state index is 5.98. The first-order valence-corrected chi connectivity index (χ1v) is 7.62. The summed E-state index contributed by atoms with van der Waals surface area (Å²) in [6.45, 7) is 3.49. The van der Waals surface area contributed by atoms with Gasteiger partial charge in [0.05, 0.1) is 6.54 Å². The molecule has 108 valence electrons. The van der Waals surface area contributed by atoms with Gasteiger partial charge in [0, 0.05) is 29.3 Å². The van der Waals surface area contributed by atoms with Gasteiger partial charge in [-0.3, -0.25) is 0 Å². The van der Waals surface area contributed by atoms with E-state index in [1.165, 1.54) is 0 Å². The highest BCUT2D eigenvalue weighted by Gasteiger charge is 2.07. The van der Waals surface area contributed by atoms with Crippen molar-refractivity contribution < 1.29 is 4.74 Å². The minimum atomic E-state index is 0.170. The van der Waals surface area contributed by atoms with E-state index in [4.69, 9.17) is 10.5 Å². The summed E-state index contributed by atoms with van der Waals surface area (Å²) in [5.41, 5.74) is 5.98. The van der Waals surface area contributed by atoms with Gasteiger partial charge in [-0.25, -0.2) is 4.98 Å². The third-order valence-corrected chi connectivity index (χ3v) is 3.71. The largest absolute Gasteiger partial charge is 0.492 e. The van der Waals surface area contributed by atoms with Crippen molar-refractivity contribution in [1.29, 1.82) is 0 Å². The lowest BCUT2D eigenvalue weighted by Gasteiger charge is -2.12. The lowest BCUT2D eigenvalue weighted by molar-refractivity contribution is 0.295. The summed E-state index contributed by atoms with van der Waals surface area (Å²) in [6.07, 6.45) is 5.56. The maximum Gasteiger partial charge on any atom is 0.119 e. The topological polar surface area (TPSA) is 53.1 Å². The van der Waals surface area contributed by atoms with Gasteiger partial charge < -0.3 is 15.0 Å². The molecule has 2 aromatic rings. The van der Waals surface area contributed by atoms with Crippen LogP contribution in [0, 0.1) is 0 Å². The molecule has 1 heterocycles. The minimum absolute atomic E-state index is 0.170.